The fraction of sp³-hybridized carbons (Fsp3) is 0. The van der Waals surface area contributed by atoms with Crippen LogP contribution in [0.25, 0.3) is 6.08 Å². The highest BCUT2D eigenvalue weighted by Crippen LogP contribution is 2.24. The second kappa shape index (κ2) is 8.66. The van der Waals surface area contributed by atoms with Gasteiger partial charge < -0.3 is 5.32 Å². The van der Waals surface area contributed by atoms with E-state index in [1.165, 1.54) is 48.6 Å². The summed E-state index contributed by atoms with van der Waals surface area (Å²) in [6, 6.07) is 16.2. The van der Waals surface area contributed by atoms with Crippen molar-refractivity contribution >= 4 is 33.4 Å². The van der Waals surface area contributed by atoms with Gasteiger partial charge in [0.1, 0.15) is 11.6 Å². The first-order valence-electron chi connectivity index (χ1n) is 8.45. The molecule has 0 aliphatic carbocycles. The third-order valence-corrected chi connectivity index (χ3v) is 5.23. The average molecular weight is 414 g/mol. The van der Waals surface area contributed by atoms with E-state index in [1.807, 2.05) is 0 Å². The highest BCUT2D eigenvalue weighted by atomic mass is 32.2. The van der Waals surface area contributed by atoms with Crippen LogP contribution in [0.5, 0.6) is 0 Å². The smallest absolute Gasteiger partial charge is 0.261 e. The average Bonchev–Trinajstić information content (AvgIpc) is 2.69. The van der Waals surface area contributed by atoms with Crippen LogP contribution in [-0.2, 0) is 14.8 Å². The van der Waals surface area contributed by atoms with Gasteiger partial charge in [-0.15, -0.1) is 0 Å². The predicted octanol–water partition coefficient (Wildman–Crippen LogP) is 4.42. The van der Waals surface area contributed by atoms with Crippen LogP contribution in [-0.4, -0.2) is 14.3 Å². The molecule has 2 N–H and O–H groups in total. The van der Waals surface area contributed by atoms with E-state index in [2.05, 4.69) is 10.0 Å². The number of anilines is 2. The van der Waals surface area contributed by atoms with E-state index >= 15 is 0 Å². The number of carbonyl (C=O) groups excluding carboxylic acids is 1. The third kappa shape index (κ3) is 5.49. The molecule has 3 aromatic carbocycles. The molecule has 0 radical (unpaired) electrons. The van der Waals surface area contributed by atoms with Gasteiger partial charge in [-0.25, -0.2) is 17.2 Å². The van der Waals surface area contributed by atoms with Crippen LogP contribution in [0.2, 0.25) is 0 Å². The maximum absolute atomic E-state index is 13.0. The fourth-order valence-electron chi connectivity index (χ4n) is 2.42. The molecule has 148 valence electrons. The van der Waals surface area contributed by atoms with Gasteiger partial charge in [-0.3, -0.25) is 9.52 Å². The highest BCUT2D eigenvalue weighted by molar-refractivity contribution is 7.92. The number of rotatable bonds is 6. The Balaban J connectivity index is 1.75. The lowest BCUT2D eigenvalue weighted by Crippen LogP contribution is -2.16. The number of sulfonamides is 1. The van der Waals surface area contributed by atoms with Gasteiger partial charge >= 0.3 is 0 Å². The SMILES string of the molecule is O=C(C=Cc1ccc(F)cc1)Nc1ccccc1NS(=O)(=O)c1ccc(F)cc1. The van der Waals surface area contributed by atoms with E-state index in [0.29, 0.717) is 5.56 Å². The summed E-state index contributed by atoms with van der Waals surface area (Å²) in [4.78, 5) is 12.1. The predicted molar refractivity (Wildman–Crippen MR) is 108 cm³/mol. The second-order valence-electron chi connectivity index (χ2n) is 5.98. The number of para-hydroxylation sites is 2. The van der Waals surface area contributed by atoms with Crippen LogP contribution in [0, 0.1) is 11.6 Å². The largest absolute Gasteiger partial charge is 0.321 e. The normalized spacial score (nSPS) is 11.4. The molecule has 0 aliphatic rings. The van der Waals surface area contributed by atoms with Crippen molar-refractivity contribution in [2.24, 2.45) is 0 Å². The zero-order valence-electron chi connectivity index (χ0n) is 15.0. The van der Waals surface area contributed by atoms with Crippen LogP contribution in [0.3, 0.4) is 0 Å². The lowest BCUT2D eigenvalue weighted by atomic mass is 10.2. The lowest BCUT2D eigenvalue weighted by Gasteiger charge is -2.13. The van der Waals surface area contributed by atoms with E-state index in [4.69, 9.17) is 0 Å². The van der Waals surface area contributed by atoms with E-state index in [-0.39, 0.29) is 22.1 Å². The van der Waals surface area contributed by atoms with E-state index in [0.717, 1.165) is 24.3 Å². The molecule has 0 saturated heterocycles. The van der Waals surface area contributed by atoms with E-state index in [9.17, 15) is 22.0 Å². The quantitative estimate of drug-likeness (QED) is 0.587. The Kier molecular flexibility index (Phi) is 6.04. The number of benzene rings is 3. The molecule has 3 aromatic rings. The van der Waals surface area contributed by atoms with Crippen molar-refractivity contribution in [2.75, 3.05) is 10.0 Å². The number of hydrogen-bond donors (Lipinski definition) is 2. The molecule has 1 amide bonds. The Bertz CT molecular complexity index is 1140. The first-order chi connectivity index (χ1) is 13.8. The van der Waals surface area contributed by atoms with Gasteiger partial charge in [-0.1, -0.05) is 24.3 Å². The maximum atomic E-state index is 13.0. The van der Waals surface area contributed by atoms with Gasteiger partial charge in [0.25, 0.3) is 10.0 Å². The lowest BCUT2D eigenvalue weighted by molar-refractivity contribution is -0.111. The molecular weight excluding hydrogens is 398 g/mol. The summed E-state index contributed by atoms with van der Waals surface area (Å²) in [5.74, 6) is -1.43. The molecule has 5 nitrogen and oxygen atoms in total. The maximum Gasteiger partial charge on any atom is 0.261 e. The zero-order chi connectivity index (χ0) is 20.9. The monoisotopic (exact) mass is 414 g/mol. The minimum Gasteiger partial charge on any atom is -0.321 e. The second-order valence-corrected chi connectivity index (χ2v) is 7.66. The van der Waals surface area contributed by atoms with Crippen LogP contribution in [0.15, 0.2) is 83.8 Å². The Hall–Kier alpha value is -3.52. The van der Waals surface area contributed by atoms with Gasteiger partial charge in [0.15, 0.2) is 0 Å². The van der Waals surface area contributed by atoms with E-state index < -0.39 is 21.7 Å². The standard InChI is InChI=1S/C21H16F2N2O3S/c22-16-8-5-15(6-9-16)7-14-21(26)24-19-3-1-2-4-20(19)25-29(27,28)18-12-10-17(23)11-13-18/h1-14,25H,(H,24,26). The summed E-state index contributed by atoms with van der Waals surface area (Å²) in [5.41, 5.74) is 1.03. The summed E-state index contributed by atoms with van der Waals surface area (Å²) in [6.07, 6.45) is 2.75. The van der Waals surface area contributed by atoms with Gasteiger partial charge in [0.2, 0.25) is 5.91 Å². The molecule has 0 atom stereocenters. The summed E-state index contributed by atoms with van der Waals surface area (Å²) in [7, 11) is -3.97. The molecule has 0 unspecified atom stereocenters. The fourth-order valence-corrected chi connectivity index (χ4v) is 3.50. The zero-order valence-corrected chi connectivity index (χ0v) is 15.8. The number of carbonyl (C=O) groups is 1. The molecule has 0 aromatic heterocycles. The topological polar surface area (TPSA) is 75.3 Å². The molecule has 0 heterocycles. The number of hydrogen-bond acceptors (Lipinski definition) is 3. The van der Waals surface area contributed by atoms with Gasteiger partial charge in [0, 0.05) is 6.08 Å². The molecule has 0 aliphatic heterocycles. The minimum absolute atomic E-state index is 0.115. The van der Waals surface area contributed by atoms with Crippen LogP contribution in [0.1, 0.15) is 5.56 Å². The van der Waals surface area contributed by atoms with Crippen molar-refractivity contribution in [1.29, 1.82) is 0 Å². The van der Waals surface area contributed by atoms with Crippen molar-refractivity contribution in [3.63, 3.8) is 0 Å². The van der Waals surface area contributed by atoms with Crippen molar-refractivity contribution in [2.45, 2.75) is 4.90 Å². The third-order valence-electron chi connectivity index (χ3n) is 3.85. The molecule has 0 bridgehead atoms. The van der Waals surface area contributed by atoms with Gasteiger partial charge in [0.05, 0.1) is 16.3 Å². The Morgan fingerprint density at radius 2 is 1.34 bits per heavy atom. The van der Waals surface area contributed by atoms with Crippen LogP contribution < -0.4 is 10.0 Å². The Labute approximate surface area is 166 Å². The molecule has 8 heteroatoms. The Morgan fingerprint density at radius 3 is 1.97 bits per heavy atom. The van der Waals surface area contributed by atoms with Crippen LogP contribution >= 0.6 is 0 Å². The first-order valence-corrected chi connectivity index (χ1v) is 9.94. The summed E-state index contributed by atoms with van der Waals surface area (Å²) in [5, 5.41) is 2.59. The highest BCUT2D eigenvalue weighted by Gasteiger charge is 2.16. The molecule has 29 heavy (non-hydrogen) atoms. The van der Waals surface area contributed by atoms with Crippen molar-refractivity contribution in [1.82, 2.24) is 0 Å². The van der Waals surface area contributed by atoms with Crippen molar-refractivity contribution in [3.05, 3.63) is 96.1 Å². The molecule has 0 fully saturated rings. The molecule has 0 spiro atoms. The molecular formula is C21H16F2N2O3S. The molecule has 3 rings (SSSR count). The molecule has 0 saturated carbocycles. The van der Waals surface area contributed by atoms with Crippen molar-refractivity contribution < 1.29 is 22.0 Å². The summed E-state index contributed by atoms with van der Waals surface area (Å²) in [6.45, 7) is 0. The van der Waals surface area contributed by atoms with Crippen LogP contribution in [0.4, 0.5) is 20.2 Å². The van der Waals surface area contributed by atoms with Gasteiger partial charge in [-0.2, -0.15) is 0 Å². The summed E-state index contributed by atoms with van der Waals surface area (Å²) < 4.78 is 53.3. The van der Waals surface area contributed by atoms with Gasteiger partial charge in [-0.05, 0) is 60.2 Å². The Morgan fingerprint density at radius 1 is 0.793 bits per heavy atom. The van der Waals surface area contributed by atoms with Crippen molar-refractivity contribution in [3.8, 4) is 0 Å². The first kappa shape index (κ1) is 20.2. The number of halogens is 2. The number of nitrogens with one attached hydrogen (secondary N) is 2. The van der Waals surface area contributed by atoms with E-state index in [1.54, 1.807) is 12.1 Å². The number of amides is 1. The summed E-state index contributed by atoms with van der Waals surface area (Å²) >= 11 is 0. The minimum atomic E-state index is -3.97.